The van der Waals surface area contributed by atoms with Crippen molar-refractivity contribution in [3.05, 3.63) is 508 Å². The highest BCUT2D eigenvalue weighted by Gasteiger charge is 2.47. The number of hydrogen-bond donors (Lipinski definition) is 0. The first-order valence-electron chi connectivity index (χ1n) is 49.5. The predicted molar refractivity (Wildman–Crippen MR) is 612 cm³/mol. The molecule has 1 aliphatic carbocycles. The van der Waals surface area contributed by atoms with Crippen LogP contribution in [0.1, 0.15) is 30.5 Å². The molecule has 3 atom stereocenters. The number of furan rings is 1. The molecule has 3 aliphatic heterocycles. The maximum Gasteiger partial charge on any atom is 0.174 e. The van der Waals surface area contributed by atoms with Gasteiger partial charge in [-0.2, -0.15) is 5.26 Å². The van der Waals surface area contributed by atoms with Crippen molar-refractivity contribution in [3.63, 3.8) is 0 Å². The van der Waals surface area contributed by atoms with Crippen LogP contribution in [-0.2, 0) is 19.1 Å². The second-order valence-electron chi connectivity index (χ2n) is 38.7. The molecular weight excluding hydrogens is 1850 g/mol. The van der Waals surface area contributed by atoms with Crippen LogP contribution in [-0.4, -0.2) is 13.7 Å². The number of thiophene rings is 1. The lowest BCUT2D eigenvalue weighted by Crippen LogP contribution is -2.22. The normalized spacial score (nSPS) is 15.7. The van der Waals surface area contributed by atoms with Crippen molar-refractivity contribution < 1.29 is 18.1 Å². The number of hydrogen-bond acceptors (Lipinski definition) is 6. The fourth-order valence-electron chi connectivity index (χ4n) is 24.2. The molecule has 0 amide bonds. The number of fused-ring (bicyclic) bond motifs is 26. The van der Waals surface area contributed by atoms with E-state index in [-0.39, 0.29) is 5.41 Å². The zero-order valence-corrected chi connectivity index (χ0v) is 82.9. The van der Waals surface area contributed by atoms with Crippen LogP contribution in [0.3, 0.4) is 0 Å². The molecule has 12 heteroatoms. The maximum atomic E-state index is 16.3. The molecule has 0 bridgehead atoms. The quantitative estimate of drug-likeness (QED) is 0.0948. The SMILES string of the molecule is CC1(C)c2cc(C#N)ccc2-c2ccc(-c3c4ccccc4c(-n4c5ccccc5c5ccc6c(c54)P(=O)(c4ccccc4)c4ccccc4-6)c4ccccc34)cc21.O=P1(c2ccccc2)c2ccccc2-c2ccc3c4ccccc4n(-c4ccc(-c5ccc(-c6ccccc6)o5)cc4)c3c21.O=P1(c2ccccc2)c2ccccc2-c2ccc3c4ccccc4n(-c4ccc(-c5ccc(-c6ccccc6)s5)cc4)c3c21. The van der Waals surface area contributed by atoms with Gasteiger partial charge in [0.05, 0.1) is 66.3 Å². The van der Waals surface area contributed by atoms with Gasteiger partial charge in [0.25, 0.3) is 0 Å². The molecule has 8 heterocycles. The highest BCUT2D eigenvalue weighted by molar-refractivity contribution is 7.88. The van der Waals surface area contributed by atoms with Gasteiger partial charge in [0.2, 0.25) is 0 Å². The Hall–Kier alpha value is -17.3. The van der Waals surface area contributed by atoms with Crippen LogP contribution in [0.5, 0.6) is 0 Å². The van der Waals surface area contributed by atoms with Crippen molar-refractivity contribution in [2.45, 2.75) is 19.3 Å². The Labute approximate surface area is 847 Å². The topological polar surface area (TPSA) is 103 Å². The molecule has 688 valence electrons. The Morgan fingerprint density at radius 3 is 1.00 bits per heavy atom. The number of nitriles is 1. The van der Waals surface area contributed by atoms with E-state index in [4.69, 9.17) is 4.42 Å². The highest BCUT2D eigenvalue weighted by atomic mass is 32.1. The minimum absolute atomic E-state index is 0.271. The van der Waals surface area contributed by atoms with Gasteiger partial charge >= 0.3 is 0 Å². The van der Waals surface area contributed by atoms with Crippen LogP contribution in [0.4, 0.5) is 0 Å². The summed E-state index contributed by atoms with van der Waals surface area (Å²) in [6.45, 7) is 4.55. The number of para-hydroxylation sites is 3. The zero-order chi connectivity index (χ0) is 97.4. The van der Waals surface area contributed by atoms with E-state index in [0.717, 1.165) is 213 Å². The van der Waals surface area contributed by atoms with E-state index >= 15 is 13.7 Å². The van der Waals surface area contributed by atoms with Crippen molar-refractivity contribution in [2.75, 3.05) is 0 Å². The molecule has 0 fully saturated rings. The van der Waals surface area contributed by atoms with Gasteiger partial charge in [-0.1, -0.05) is 408 Å². The van der Waals surface area contributed by atoms with E-state index in [2.05, 4.69) is 367 Å². The minimum Gasteiger partial charge on any atom is -0.456 e. The van der Waals surface area contributed by atoms with Gasteiger partial charge in [0.15, 0.2) is 21.4 Å². The lowest BCUT2D eigenvalue weighted by Gasteiger charge is -2.24. The average molecular weight is 1940 g/mol. The van der Waals surface area contributed by atoms with Crippen LogP contribution in [0, 0.1) is 11.3 Å². The summed E-state index contributed by atoms with van der Waals surface area (Å²) in [6, 6.07) is 173. The highest BCUT2D eigenvalue weighted by Crippen LogP contribution is 2.61. The first-order chi connectivity index (χ1) is 71.8. The molecule has 8 nitrogen and oxygen atoms in total. The minimum atomic E-state index is -3.32. The fraction of sp³-hybridized carbons (Fsp3) is 0.0224. The number of aromatic nitrogens is 3. The van der Waals surface area contributed by atoms with Crippen LogP contribution < -0.4 is 47.7 Å². The Bertz CT molecular complexity index is 9750. The Morgan fingerprint density at radius 2 is 0.575 bits per heavy atom. The summed E-state index contributed by atoms with van der Waals surface area (Å²) in [6.07, 6.45) is 0. The van der Waals surface area contributed by atoms with Crippen molar-refractivity contribution in [3.8, 4) is 122 Å². The Balaban J connectivity index is 0.000000108. The van der Waals surface area contributed by atoms with Crippen LogP contribution in [0.15, 0.2) is 496 Å². The van der Waals surface area contributed by atoms with Crippen LogP contribution >= 0.6 is 32.8 Å². The van der Waals surface area contributed by atoms with E-state index in [0.29, 0.717) is 5.56 Å². The van der Waals surface area contributed by atoms with E-state index in [1.54, 1.807) is 0 Å². The third kappa shape index (κ3) is 12.9. The van der Waals surface area contributed by atoms with Crippen molar-refractivity contribution in [1.29, 1.82) is 5.26 Å². The summed E-state index contributed by atoms with van der Waals surface area (Å²) in [5.41, 5.74) is 27.9. The van der Waals surface area contributed by atoms with Crippen molar-refractivity contribution >= 4 is 167 Å². The molecule has 0 radical (unpaired) electrons. The summed E-state index contributed by atoms with van der Waals surface area (Å²) in [5, 5.41) is 29.2. The molecular formula is C134H87N4O4P3S. The molecule has 0 spiro atoms. The summed E-state index contributed by atoms with van der Waals surface area (Å²) in [4.78, 5) is 2.50. The van der Waals surface area contributed by atoms with Gasteiger partial charge in [0.1, 0.15) is 11.5 Å². The second-order valence-corrected chi connectivity index (χ2v) is 47.8. The monoisotopic (exact) mass is 1940 g/mol. The zero-order valence-electron chi connectivity index (χ0n) is 79.4. The van der Waals surface area contributed by atoms with Gasteiger partial charge in [-0.25, -0.2) is 0 Å². The second kappa shape index (κ2) is 33.7. The van der Waals surface area contributed by atoms with Crippen LogP contribution in [0.25, 0.3) is 203 Å². The lowest BCUT2D eigenvalue weighted by atomic mass is 9.80. The number of nitrogens with zero attached hydrogens (tertiary/aromatic N) is 4. The molecule has 30 rings (SSSR count). The molecule has 21 aromatic carbocycles. The molecule has 146 heavy (non-hydrogen) atoms. The van der Waals surface area contributed by atoms with Crippen molar-refractivity contribution in [1.82, 2.24) is 13.7 Å². The van der Waals surface area contributed by atoms with E-state index in [1.807, 2.05) is 169 Å². The summed E-state index contributed by atoms with van der Waals surface area (Å²) >= 11 is 1.81. The first-order valence-corrected chi connectivity index (χ1v) is 55.4. The van der Waals surface area contributed by atoms with Gasteiger partial charge in [0, 0.05) is 113 Å². The molecule has 26 aromatic rings. The predicted octanol–water partition coefficient (Wildman–Crippen LogP) is 31.7. The number of benzene rings is 21. The van der Waals surface area contributed by atoms with Crippen molar-refractivity contribution in [2.24, 2.45) is 0 Å². The van der Waals surface area contributed by atoms with Gasteiger partial charge < -0.3 is 31.8 Å². The van der Waals surface area contributed by atoms with Crippen LogP contribution in [0.2, 0.25) is 0 Å². The third-order valence-electron chi connectivity index (χ3n) is 30.7. The average Bonchev–Trinajstić information content (AvgIpc) is 1.52. The molecule has 0 saturated heterocycles. The summed E-state index contributed by atoms with van der Waals surface area (Å²) in [7, 11) is -9.64. The third-order valence-corrected chi connectivity index (χ3v) is 41.4. The molecule has 5 aromatic heterocycles. The molecule has 0 saturated carbocycles. The van der Waals surface area contributed by atoms with Gasteiger partial charge in [-0.05, 0) is 186 Å². The molecule has 3 unspecified atom stereocenters. The summed E-state index contributed by atoms with van der Waals surface area (Å²) in [5.74, 6) is 1.67. The fourth-order valence-corrected chi connectivity index (χ4v) is 35.0. The standard InChI is InChI=1S/C54H35N2OP.C40H26NO2P.C40H26NOPS/c1-54(2)46-30-33(32-55)24-26-36(46)37-27-25-34(31-47(37)54)50-40-18-6-8-20-42(40)51(43-21-9-7-19-41(43)50)56-48-22-12-10-16-38(48)44-28-29-45-39-17-11-13-23-49(39)58(57,53(45)52(44)56)35-14-4-3-5-15-35;42-44(30-13-5-2-6-14-30)38-18-10-8-16-32(38)34-24-23-33-31-15-7-9-17-35(31)41(39(33)40(34)44)29-21-19-28(20-22-29)37-26-25-36(43-37)27-11-3-1-4-12-27;42-43(30-13-5-2-6-14-30)36-18-10-8-16-32(36)34-24-23-33-31-15-7-9-17-35(31)41(39(33)40(34)43)29-21-19-28(20-22-29)38-26-25-37(44-38)27-11-3-1-4-12-27/h3-31H,1-2H3;2*1-26H. The Morgan fingerprint density at radius 1 is 0.260 bits per heavy atom. The summed E-state index contributed by atoms with van der Waals surface area (Å²) < 4.78 is 61.0. The maximum absolute atomic E-state index is 16.3. The molecule has 0 N–H and O–H groups in total. The first kappa shape index (κ1) is 86.6. The smallest absolute Gasteiger partial charge is 0.174 e. The van der Waals surface area contributed by atoms with Gasteiger partial charge in [-0.3, -0.25) is 0 Å². The van der Waals surface area contributed by atoms with E-state index < -0.39 is 21.4 Å². The largest absolute Gasteiger partial charge is 0.456 e. The van der Waals surface area contributed by atoms with Gasteiger partial charge in [-0.15, -0.1) is 11.3 Å². The molecule has 4 aliphatic rings. The van der Waals surface area contributed by atoms with E-state index in [1.165, 1.54) is 48.7 Å². The Kier molecular flexibility index (Phi) is 20.0. The lowest BCUT2D eigenvalue weighted by molar-refractivity contribution is 0.592. The van der Waals surface area contributed by atoms with E-state index in [9.17, 15) is 5.26 Å². The number of rotatable bonds is 11.